The first-order valence-corrected chi connectivity index (χ1v) is 6.36. The summed E-state index contributed by atoms with van der Waals surface area (Å²) in [5.74, 6) is 4.32. The van der Waals surface area contributed by atoms with E-state index >= 15 is 0 Å². The molecule has 0 aliphatic heterocycles. The van der Waals surface area contributed by atoms with Crippen LogP contribution in [0, 0.1) is 0 Å². The molecule has 0 atom stereocenters. The predicted molar refractivity (Wildman–Crippen MR) is 57.5 cm³/mol. The zero-order valence-electron chi connectivity index (χ0n) is 5.25. The number of rotatable bonds is 6. The van der Waals surface area contributed by atoms with Crippen molar-refractivity contribution in [3.8, 4) is 0 Å². The fourth-order valence-corrected chi connectivity index (χ4v) is 2.75. The summed E-state index contributed by atoms with van der Waals surface area (Å²) in [7, 11) is 0. The SMILES string of the molecule is SCCSCSCCS. The molecule has 0 rings (SSSR count). The van der Waals surface area contributed by atoms with Crippen molar-refractivity contribution in [2.45, 2.75) is 0 Å². The van der Waals surface area contributed by atoms with Gasteiger partial charge in [-0.2, -0.15) is 48.8 Å². The summed E-state index contributed by atoms with van der Waals surface area (Å²) in [4.78, 5) is 0. The van der Waals surface area contributed by atoms with Gasteiger partial charge in [0.1, 0.15) is 0 Å². The summed E-state index contributed by atoms with van der Waals surface area (Å²) >= 11 is 12.1. The van der Waals surface area contributed by atoms with Gasteiger partial charge in [-0.25, -0.2) is 0 Å². The first-order chi connectivity index (χ1) is 4.41. The Hall–Kier alpha value is 1.40. The Morgan fingerprint density at radius 1 is 0.889 bits per heavy atom. The number of hydrogen-bond acceptors (Lipinski definition) is 4. The molecule has 0 N–H and O–H groups in total. The normalized spacial score (nSPS) is 10.0. The minimum Gasteiger partial charge on any atom is -0.179 e. The molecule has 0 saturated carbocycles. The van der Waals surface area contributed by atoms with Gasteiger partial charge in [-0.1, -0.05) is 0 Å². The lowest BCUT2D eigenvalue weighted by molar-refractivity contribution is 1.56. The molecule has 0 aromatic rings. The van der Waals surface area contributed by atoms with Gasteiger partial charge < -0.3 is 0 Å². The zero-order valence-corrected chi connectivity index (χ0v) is 8.67. The smallest absolute Gasteiger partial charge is 0.0392 e. The molecule has 0 amide bonds. The van der Waals surface area contributed by atoms with E-state index < -0.39 is 0 Å². The van der Waals surface area contributed by atoms with Crippen LogP contribution in [0.25, 0.3) is 0 Å². The average molecular weight is 200 g/mol. The van der Waals surface area contributed by atoms with E-state index in [4.69, 9.17) is 0 Å². The van der Waals surface area contributed by atoms with Gasteiger partial charge in [0, 0.05) is 16.6 Å². The molecule has 0 aliphatic carbocycles. The summed E-state index contributed by atoms with van der Waals surface area (Å²) in [6, 6.07) is 0. The van der Waals surface area contributed by atoms with Gasteiger partial charge in [-0.3, -0.25) is 0 Å². The molecule has 0 radical (unpaired) electrons. The molecular formula is C5H12S4. The Kier molecular flexibility index (Phi) is 10.9. The topological polar surface area (TPSA) is 0 Å². The summed E-state index contributed by atoms with van der Waals surface area (Å²) in [5, 5.41) is 1.20. The minimum absolute atomic E-state index is 0.992. The van der Waals surface area contributed by atoms with E-state index in [1.807, 2.05) is 23.5 Å². The molecule has 0 fully saturated rings. The summed E-state index contributed by atoms with van der Waals surface area (Å²) < 4.78 is 0. The maximum atomic E-state index is 4.10. The van der Waals surface area contributed by atoms with Crippen molar-refractivity contribution >= 4 is 48.8 Å². The van der Waals surface area contributed by atoms with E-state index in [1.54, 1.807) is 0 Å². The second-order valence-electron chi connectivity index (χ2n) is 1.38. The molecule has 0 saturated heterocycles. The Labute approximate surface area is 76.8 Å². The molecule has 0 aromatic carbocycles. The first-order valence-electron chi connectivity index (χ1n) is 2.79. The van der Waals surface area contributed by atoms with Crippen LogP contribution in [0.3, 0.4) is 0 Å². The second kappa shape index (κ2) is 9.40. The van der Waals surface area contributed by atoms with Crippen LogP contribution in [0.1, 0.15) is 0 Å². The lowest BCUT2D eigenvalue weighted by atomic mass is 11.0. The van der Waals surface area contributed by atoms with Crippen LogP contribution in [-0.2, 0) is 0 Å². The Morgan fingerprint density at radius 3 is 1.67 bits per heavy atom. The monoisotopic (exact) mass is 200 g/mol. The molecule has 9 heavy (non-hydrogen) atoms. The third-order valence-corrected chi connectivity index (χ3v) is 4.01. The van der Waals surface area contributed by atoms with Crippen molar-refractivity contribution in [2.24, 2.45) is 0 Å². The van der Waals surface area contributed by atoms with Gasteiger partial charge in [0.05, 0.1) is 0 Å². The lowest BCUT2D eigenvalue weighted by Gasteiger charge is -1.96. The quantitative estimate of drug-likeness (QED) is 0.383. The van der Waals surface area contributed by atoms with Gasteiger partial charge in [0.2, 0.25) is 0 Å². The van der Waals surface area contributed by atoms with E-state index in [9.17, 15) is 0 Å². The maximum Gasteiger partial charge on any atom is 0.0392 e. The number of thioether (sulfide) groups is 2. The van der Waals surface area contributed by atoms with Crippen LogP contribution in [0.5, 0.6) is 0 Å². The van der Waals surface area contributed by atoms with Gasteiger partial charge in [0.25, 0.3) is 0 Å². The highest BCUT2D eigenvalue weighted by Gasteiger charge is 1.86. The predicted octanol–water partition coefficient (Wildman–Crippen LogP) is 2.27. The fraction of sp³-hybridized carbons (Fsp3) is 1.00. The standard InChI is InChI=1S/C5H12S4/c6-1-3-8-5-9-4-2-7/h6-7H,1-5H2. The lowest BCUT2D eigenvalue weighted by Crippen LogP contribution is -1.83. The van der Waals surface area contributed by atoms with Crippen LogP contribution in [0.15, 0.2) is 0 Å². The molecule has 4 heteroatoms. The molecule has 0 unspecified atom stereocenters. The van der Waals surface area contributed by atoms with Gasteiger partial charge in [0.15, 0.2) is 0 Å². The van der Waals surface area contributed by atoms with Crippen molar-refractivity contribution < 1.29 is 0 Å². The third kappa shape index (κ3) is 9.40. The van der Waals surface area contributed by atoms with Gasteiger partial charge >= 0.3 is 0 Å². The van der Waals surface area contributed by atoms with Crippen molar-refractivity contribution in [3.05, 3.63) is 0 Å². The van der Waals surface area contributed by atoms with Crippen molar-refractivity contribution in [1.29, 1.82) is 0 Å². The molecule has 0 bridgehead atoms. The second-order valence-corrected chi connectivity index (χ2v) is 4.85. The highest BCUT2D eigenvalue weighted by Crippen LogP contribution is 2.11. The van der Waals surface area contributed by atoms with Crippen LogP contribution in [-0.4, -0.2) is 28.1 Å². The van der Waals surface area contributed by atoms with Crippen molar-refractivity contribution in [2.75, 3.05) is 28.1 Å². The average Bonchev–Trinajstić information content (AvgIpc) is 1.89. The third-order valence-electron chi connectivity index (χ3n) is 0.638. The van der Waals surface area contributed by atoms with Gasteiger partial charge in [-0.05, 0) is 11.5 Å². The van der Waals surface area contributed by atoms with E-state index in [0.717, 1.165) is 11.5 Å². The van der Waals surface area contributed by atoms with E-state index in [-0.39, 0.29) is 0 Å². The van der Waals surface area contributed by atoms with Crippen LogP contribution < -0.4 is 0 Å². The molecular weight excluding hydrogens is 188 g/mol. The van der Waals surface area contributed by atoms with E-state index in [2.05, 4.69) is 25.3 Å². The molecule has 0 nitrogen and oxygen atoms in total. The first kappa shape index (κ1) is 10.4. The molecule has 0 aromatic heterocycles. The minimum atomic E-state index is 0.992. The van der Waals surface area contributed by atoms with Crippen LogP contribution in [0.2, 0.25) is 0 Å². The Bertz CT molecular complexity index is 42.2. The highest BCUT2D eigenvalue weighted by molar-refractivity contribution is 8.16. The van der Waals surface area contributed by atoms with Crippen molar-refractivity contribution in [1.82, 2.24) is 0 Å². The van der Waals surface area contributed by atoms with Crippen LogP contribution in [0.4, 0.5) is 0 Å². The fourth-order valence-electron chi connectivity index (χ4n) is 0.306. The molecule has 0 spiro atoms. The molecule has 56 valence electrons. The van der Waals surface area contributed by atoms with E-state index in [1.165, 1.54) is 16.6 Å². The summed E-state index contributed by atoms with van der Waals surface area (Å²) in [5.41, 5.74) is 0. The number of thiol groups is 2. The highest BCUT2D eigenvalue weighted by atomic mass is 32.2. The zero-order chi connectivity index (χ0) is 6.95. The molecule has 0 aliphatic rings. The van der Waals surface area contributed by atoms with E-state index in [0.29, 0.717) is 0 Å². The van der Waals surface area contributed by atoms with Crippen molar-refractivity contribution in [3.63, 3.8) is 0 Å². The Balaban J connectivity index is 2.60. The Morgan fingerprint density at radius 2 is 1.33 bits per heavy atom. The molecule has 0 heterocycles. The number of hydrogen-bond donors (Lipinski definition) is 2. The largest absolute Gasteiger partial charge is 0.179 e. The maximum absolute atomic E-state index is 4.10. The van der Waals surface area contributed by atoms with Gasteiger partial charge in [-0.15, -0.1) is 0 Å². The van der Waals surface area contributed by atoms with Crippen LogP contribution >= 0.6 is 48.8 Å². The summed E-state index contributed by atoms with van der Waals surface area (Å²) in [6.07, 6.45) is 0. The summed E-state index contributed by atoms with van der Waals surface area (Å²) in [6.45, 7) is 0.